The molecule has 186 valence electrons. The number of carbonyl (C=O) groups is 1. The molecule has 4 atom stereocenters. The summed E-state index contributed by atoms with van der Waals surface area (Å²) in [6.07, 6.45) is -2.31. The van der Waals surface area contributed by atoms with Crippen LogP contribution in [0.4, 0.5) is 13.2 Å². The first-order valence-corrected chi connectivity index (χ1v) is 12.0. The lowest BCUT2D eigenvalue weighted by Crippen LogP contribution is -2.45. The van der Waals surface area contributed by atoms with Crippen LogP contribution in [0, 0.1) is 24.7 Å². The van der Waals surface area contributed by atoms with Gasteiger partial charge >= 0.3 is 12.1 Å². The molecule has 7 heteroatoms. The Morgan fingerprint density at radius 1 is 1.06 bits per heavy atom. The Morgan fingerprint density at radius 2 is 1.68 bits per heavy atom. The number of hydrogen-bond acceptors (Lipinski definition) is 3. The fourth-order valence-corrected chi connectivity index (χ4v) is 5.18. The molecular formula is C27H32ClF3O3. The van der Waals surface area contributed by atoms with E-state index in [0.717, 1.165) is 36.6 Å². The van der Waals surface area contributed by atoms with E-state index in [-0.39, 0.29) is 22.6 Å². The van der Waals surface area contributed by atoms with Gasteiger partial charge in [-0.25, -0.2) is 4.79 Å². The Morgan fingerprint density at radius 3 is 2.24 bits per heavy atom. The van der Waals surface area contributed by atoms with Crippen molar-refractivity contribution in [1.82, 2.24) is 0 Å². The number of ether oxygens (including phenoxy) is 2. The van der Waals surface area contributed by atoms with E-state index in [9.17, 15) is 18.0 Å². The Labute approximate surface area is 204 Å². The molecule has 0 radical (unpaired) electrons. The Balaban J connectivity index is 2.16. The number of halogens is 4. The summed E-state index contributed by atoms with van der Waals surface area (Å²) in [5.41, 5.74) is -1.67. The van der Waals surface area contributed by atoms with Gasteiger partial charge in [0.15, 0.2) is 0 Å². The highest BCUT2D eigenvalue weighted by Crippen LogP contribution is 2.43. The average Bonchev–Trinajstić information content (AvgIpc) is 2.76. The minimum absolute atomic E-state index is 0.00945. The Kier molecular flexibility index (Phi) is 8.03. The van der Waals surface area contributed by atoms with Gasteiger partial charge in [-0.05, 0) is 61.3 Å². The van der Waals surface area contributed by atoms with Crippen LogP contribution in [-0.2, 0) is 26.0 Å². The van der Waals surface area contributed by atoms with Gasteiger partial charge in [-0.15, -0.1) is 0 Å². The molecule has 1 aliphatic carbocycles. The van der Waals surface area contributed by atoms with Gasteiger partial charge in [0.2, 0.25) is 5.60 Å². The fraction of sp³-hybridized carbons (Fsp3) is 0.519. The van der Waals surface area contributed by atoms with E-state index in [1.807, 2.05) is 6.92 Å². The van der Waals surface area contributed by atoms with Crippen LogP contribution in [0.25, 0.3) is 0 Å². The molecule has 2 aromatic rings. The highest BCUT2D eigenvalue weighted by atomic mass is 35.5. The lowest BCUT2D eigenvalue weighted by atomic mass is 9.75. The molecule has 0 bridgehead atoms. The monoisotopic (exact) mass is 496 g/mol. The standard InChI is InChI=1S/C27H32ClF3O3/c1-16(2)21-12-8-18(4)14-24(21)34-25(32)26(33-5,19-9-6-17(3)7-10-19)22-15-20(27(29,30)31)11-13-23(22)28/h6-7,9-11,13,15-16,18,21,24H,8,12,14H2,1-5H3. The molecule has 0 spiro atoms. The first-order valence-electron chi connectivity index (χ1n) is 11.6. The largest absolute Gasteiger partial charge is 0.459 e. The van der Waals surface area contributed by atoms with E-state index in [2.05, 4.69) is 20.8 Å². The van der Waals surface area contributed by atoms with Crippen LogP contribution in [0.1, 0.15) is 62.3 Å². The van der Waals surface area contributed by atoms with Crippen molar-refractivity contribution in [2.45, 2.75) is 64.8 Å². The number of hydrogen-bond donors (Lipinski definition) is 0. The molecule has 0 amide bonds. The first kappa shape index (κ1) is 26.6. The van der Waals surface area contributed by atoms with E-state index in [4.69, 9.17) is 21.1 Å². The highest BCUT2D eigenvalue weighted by molar-refractivity contribution is 6.31. The van der Waals surface area contributed by atoms with E-state index in [0.29, 0.717) is 23.8 Å². The van der Waals surface area contributed by atoms with Gasteiger partial charge in [0.1, 0.15) is 6.10 Å². The molecule has 3 nitrogen and oxygen atoms in total. The second kappa shape index (κ2) is 10.3. The van der Waals surface area contributed by atoms with Gasteiger partial charge in [0.25, 0.3) is 0 Å². The number of carbonyl (C=O) groups excluding carboxylic acids is 1. The Hall–Kier alpha value is -2.05. The van der Waals surface area contributed by atoms with Crippen molar-refractivity contribution in [3.63, 3.8) is 0 Å². The van der Waals surface area contributed by atoms with Crippen LogP contribution in [-0.4, -0.2) is 19.2 Å². The van der Waals surface area contributed by atoms with Crippen molar-refractivity contribution in [3.8, 4) is 0 Å². The van der Waals surface area contributed by atoms with Crippen LogP contribution in [0.15, 0.2) is 42.5 Å². The van der Waals surface area contributed by atoms with Crippen molar-refractivity contribution < 1.29 is 27.4 Å². The summed E-state index contributed by atoms with van der Waals surface area (Å²) in [6.45, 7) is 8.18. The first-order chi connectivity index (χ1) is 15.9. The topological polar surface area (TPSA) is 35.5 Å². The van der Waals surface area contributed by atoms with Crippen LogP contribution in [0.2, 0.25) is 5.02 Å². The van der Waals surface area contributed by atoms with Crippen molar-refractivity contribution >= 4 is 17.6 Å². The summed E-state index contributed by atoms with van der Waals surface area (Å²) in [5.74, 6) is 0.0644. The van der Waals surface area contributed by atoms with Crippen LogP contribution in [0.3, 0.4) is 0 Å². The van der Waals surface area contributed by atoms with Gasteiger partial charge in [-0.2, -0.15) is 13.2 Å². The van der Waals surface area contributed by atoms with Crippen LogP contribution in [0.5, 0.6) is 0 Å². The number of benzene rings is 2. The lowest BCUT2D eigenvalue weighted by molar-refractivity contribution is -0.177. The predicted molar refractivity (Wildman–Crippen MR) is 127 cm³/mol. The third kappa shape index (κ3) is 5.28. The van der Waals surface area contributed by atoms with Crippen molar-refractivity contribution in [3.05, 3.63) is 69.7 Å². The maximum Gasteiger partial charge on any atom is 0.416 e. The quantitative estimate of drug-likeness (QED) is 0.387. The molecule has 4 unspecified atom stereocenters. The van der Waals surface area contributed by atoms with Gasteiger partial charge in [0.05, 0.1) is 5.56 Å². The lowest BCUT2D eigenvalue weighted by Gasteiger charge is -2.40. The van der Waals surface area contributed by atoms with E-state index < -0.39 is 23.3 Å². The summed E-state index contributed by atoms with van der Waals surface area (Å²) in [5, 5.41) is -0.00945. The fourth-order valence-electron chi connectivity index (χ4n) is 4.92. The normalized spacial score (nSPS) is 22.9. The second-order valence-electron chi connectivity index (χ2n) is 9.71. The zero-order valence-electron chi connectivity index (χ0n) is 20.2. The molecule has 0 aliphatic heterocycles. The van der Waals surface area contributed by atoms with Crippen molar-refractivity contribution in [2.24, 2.45) is 17.8 Å². The average molecular weight is 497 g/mol. The highest BCUT2D eigenvalue weighted by Gasteiger charge is 2.49. The summed E-state index contributed by atoms with van der Waals surface area (Å²) in [7, 11) is 1.29. The van der Waals surface area contributed by atoms with E-state index in [1.165, 1.54) is 7.11 Å². The smallest absolute Gasteiger partial charge is 0.416 e. The van der Waals surface area contributed by atoms with E-state index >= 15 is 0 Å². The van der Waals surface area contributed by atoms with Crippen molar-refractivity contribution in [1.29, 1.82) is 0 Å². The third-order valence-corrected chi connectivity index (χ3v) is 7.27. The summed E-state index contributed by atoms with van der Waals surface area (Å²) in [4.78, 5) is 14.0. The van der Waals surface area contributed by atoms with Gasteiger partial charge in [-0.3, -0.25) is 0 Å². The number of esters is 1. The predicted octanol–water partition coefficient (Wildman–Crippen LogP) is 7.56. The van der Waals surface area contributed by atoms with Crippen LogP contribution < -0.4 is 0 Å². The molecule has 0 aromatic heterocycles. The summed E-state index contributed by atoms with van der Waals surface area (Å²) >= 11 is 6.42. The Bertz CT molecular complexity index is 1000. The van der Waals surface area contributed by atoms with Gasteiger partial charge in [0, 0.05) is 17.7 Å². The summed E-state index contributed by atoms with van der Waals surface area (Å²) < 4.78 is 52.7. The van der Waals surface area contributed by atoms with Gasteiger partial charge < -0.3 is 9.47 Å². The number of rotatable bonds is 6. The van der Waals surface area contributed by atoms with Crippen LogP contribution >= 0.6 is 11.6 Å². The molecule has 2 aromatic carbocycles. The molecule has 0 N–H and O–H groups in total. The maximum absolute atomic E-state index is 14.0. The molecule has 34 heavy (non-hydrogen) atoms. The number of alkyl halides is 3. The number of aryl methyl sites for hydroxylation is 1. The third-order valence-electron chi connectivity index (χ3n) is 6.94. The molecule has 3 rings (SSSR count). The maximum atomic E-state index is 14.0. The van der Waals surface area contributed by atoms with Gasteiger partial charge in [-0.1, -0.05) is 68.6 Å². The second-order valence-corrected chi connectivity index (χ2v) is 10.1. The minimum Gasteiger partial charge on any atom is -0.459 e. The van der Waals surface area contributed by atoms with Crippen molar-refractivity contribution in [2.75, 3.05) is 7.11 Å². The molecular weight excluding hydrogens is 465 g/mol. The molecule has 1 fully saturated rings. The molecule has 0 saturated heterocycles. The zero-order chi connectivity index (χ0) is 25.3. The summed E-state index contributed by atoms with van der Waals surface area (Å²) in [6, 6.07) is 9.81. The zero-order valence-corrected chi connectivity index (χ0v) is 21.0. The number of methoxy groups -OCH3 is 1. The van der Waals surface area contributed by atoms with E-state index in [1.54, 1.807) is 24.3 Å². The molecule has 0 heterocycles. The SMILES string of the molecule is COC(C(=O)OC1CC(C)CCC1C(C)C)(c1ccc(C)cc1)c1cc(C(F)(F)F)ccc1Cl. The molecule has 1 saturated carbocycles. The molecule has 1 aliphatic rings. The minimum atomic E-state index is -4.61.